The van der Waals surface area contributed by atoms with E-state index in [1.807, 2.05) is 31.7 Å². The molecule has 4 heterocycles. The fourth-order valence-electron chi connectivity index (χ4n) is 2.97. The van der Waals surface area contributed by atoms with Crippen LogP contribution in [0.25, 0.3) is 16.9 Å². The SMILES string of the molecule is C=C=C=C(F)c1cc(Cc2ncc(Cc3c[nH]c4ncc(C)cc34)cn2)[nH]n1. The van der Waals surface area contributed by atoms with Crippen molar-refractivity contribution in [3.8, 4) is 0 Å². The molecule has 28 heavy (non-hydrogen) atoms. The molecule has 0 bridgehead atoms. The highest BCUT2D eigenvalue weighted by molar-refractivity contribution is 5.80. The third kappa shape index (κ3) is 3.67. The van der Waals surface area contributed by atoms with Crippen molar-refractivity contribution >= 4 is 16.9 Å². The van der Waals surface area contributed by atoms with Crippen molar-refractivity contribution < 1.29 is 4.39 Å². The van der Waals surface area contributed by atoms with Gasteiger partial charge in [-0.05, 0) is 48.1 Å². The molecule has 0 atom stereocenters. The average Bonchev–Trinajstić information content (AvgIpc) is 3.31. The zero-order valence-electron chi connectivity index (χ0n) is 15.3. The van der Waals surface area contributed by atoms with E-state index in [9.17, 15) is 4.39 Å². The third-order valence-corrected chi connectivity index (χ3v) is 4.31. The summed E-state index contributed by atoms with van der Waals surface area (Å²) in [6.07, 6.45) is 8.57. The molecule has 0 aliphatic carbocycles. The van der Waals surface area contributed by atoms with Gasteiger partial charge in [-0.15, -0.1) is 0 Å². The summed E-state index contributed by atoms with van der Waals surface area (Å²) in [5.41, 5.74) is 9.53. The Hall–Kier alpha value is -3.79. The van der Waals surface area contributed by atoms with Gasteiger partial charge in [0.1, 0.15) is 17.2 Å². The van der Waals surface area contributed by atoms with Gasteiger partial charge in [0.25, 0.3) is 0 Å². The molecule has 4 rings (SSSR count). The Morgan fingerprint density at radius 1 is 1.14 bits per heavy atom. The molecule has 6 nitrogen and oxygen atoms in total. The first-order chi connectivity index (χ1) is 13.6. The van der Waals surface area contributed by atoms with E-state index in [1.165, 1.54) is 0 Å². The van der Waals surface area contributed by atoms with Gasteiger partial charge < -0.3 is 4.98 Å². The van der Waals surface area contributed by atoms with Crippen LogP contribution in [-0.4, -0.2) is 30.1 Å². The van der Waals surface area contributed by atoms with E-state index >= 15 is 0 Å². The quantitative estimate of drug-likeness (QED) is 0.522. The van der Waals surface area contributed by atoms with E-state index in [2.05, 4.69) is 54.2 Å². The first-order valence-corrected chi connectivity index (χ1v) is 8.70. The molecule has 0 aromatic carbocycles. The largest absolute Gasteiger partial charge is 0.346 e. The number of pyridine rings is 1. The van der Waals surface area contributed by atoms with E-state index in [1.54, 1.807) is 6.07 Å². The van der Waals surface area contributed by atoms with Crippen LogP contribution < -0.4 is 0 Å². The zero-order valence-corrected chi connectivity index (χ0v) is 15.3. The van der Waals surface area contributed by atoms with Crippen LogP contribution in [0.5, 0.6) is 0 Å². The Kier molecular flexibility index (Phi) is 4.68. The summed E-state index contributed by atoms with van der Waals surface area (Å²) in [4.78, 5) is 16.4. The topological polar surface area (TPSA) is 83.1 Å². The molecular formula is C21H17FN6. The Labute approximate surface area is 160 Å². The van der Waals surface area contributed by atoms with Crippen LogP contribution in [0.2, 0.25) is 0 Å². The normalized spacial score (nSPS) is 10.6. The molecular weight excluding hydrogens is 355 g/mol. The smallest absolute Gasteiger partial charge is 0.200 e. The number of halogens is 1. The van der Waals surface area contributed by atoms with Gasteiger partial charge in [-0.3, -0.25) is 5.10 Å². The van der Waals surface area contributed by atoms with E-state index in [4.69, 9.17) is 0 Å². The lowest BCUT2D eigenvalue weighted by Gasteiger charge is -2.02. The fraction of sp³-hybridized carbons (Fsp3) is 0.143. The number of hydrogen-bond donors (Lipinski definition) is 2. The number of hydrogen-bond acceptors (Lipinski definition) is 4. The Bertz CT molecular complexity index is 1220. The van der Waals surface area contributed by atoms with Crippen LogP contribution in [0, 0.1) is 6.92 Å². The van der Waals surface area contributed by atoms with Gasteiger partial charge in [0, 0.05) is 48.7 Å². The minimum Gasteiger partial charge on any atom is -0.346 e. The minimum atomic E-state index is -0.614. The van der Waals surface area contributed by atoms with Crippen LogP contribution in [0.3, 0.4) is 0 Å². The lowest BCUT2D eigenvalue weighted by molar-refractivity contribution is 0.752. The third-order valence-electron chi connectivity index (χ3n) is 4.31. The van der Waals surface area contributed by atoms with Gasteiger partial charge in [-0.1, -0.05) is 5.73 Å². The molecule has 138 valence electrons. The summed E-state index contributed by atoms with van der Waals surface area (Å²) in [6.45, 7) is 5.32. The van der Waals surface area contributed by atoms with Gasteiger partial charge in [0.2, 0.25) is 5.83 Å². The molecule has 0 amide bonds. The fourth-order valence-corrected chi connectivity index (χ4v) is 2.97. The highest BCUT2D eigenvalue weighted by Gasteiger charge is 2.09. The first kappa shape index (κ1) is 17.6. The van der Waals surface area contributed by atoms with E-state index < -0.39 is 5.83 Å². The molecule has 0 saturated carbocycles. The van der Waals surface area contributed by atoms with Crippen molar-refractivity contribution in [3.63, 3.8) is 0 Å². The Balaban J connectivity index is 1.49. The second kappa shape index (κ2) is 7.45. The molecule has 0 saturated heterocycles. The highest BCUT2D eigenvalue weighted by atomic mass is 19.1. The number of nitrogens with one attached hydrogen (secondary N) is 2. The number of aryl methyl sites for hydroxylation is 1. The molecule has 0 spiro atoms. The van der Waals surface area contributed by atoms with Crippen molar-refractivity contribution in [2.24, 2.45) is 0 Å². The second-order valence-electron chi connectivity index (χ2n) is 6.48. The molecule has 2 N–H and O–H groups in total. The average molecular weight is 372 g/mol. The second-order valence-corrected chi connectivity index (χ2v) is 6.48. The van der Waals surface area contributed by atoms with E-state index in [0.29, 0.717) is 24.4 Å². The predicted molar refractivity (Wildman–Crippen MR) is 104 cm³/mol. The molecule has 0 unspecified atom stereocenters. The summed E-state index contributed by atoms with van der Waals surface area (Å²) in [5.74, 6) is 0.0104. The molecule has 0 aliphatic heterocycles. The van der Waals surface area contributed by atoms with Gasteiger partial charge in [-0.2, -0.15) is 9.49 Å². The number of H-pyrrole nitrogens is 2. The number of nitrogens with zero attached hydrogens (tertiary/aromatic N) is 4. The number of rotatable bonds is 5. The Morgan fingerprint density at radius 2 is 1.96 bits per heavy atom. The monoisotopic (exact) mass is 372 g/mol. The summed E-state index contributed by atoms with van der Waals surface area (Å²) in [7, 11) is 0. The summed E-state index contributed by atoms with van der Waals surface area (Å²) in [5, 5.41) is 7.79. The van der Waals surface area contributed by atoms with E-state index in [-0.39, 0.29) is 5.69 Å². The molecule has 4 aromatic rings. The van der Waals surface area contributed by atoms with Crippen molar-refractivity contribution in [1.82, 2.24) is 30.1 Å². The van der Waals surface area contributed by atoms with Gasteiger partial charge in [0.05, 0.1) is 0 Å². The van der Waals surface area contributed by atoms with Crippen molar-refractivity contribution in [1.29, 1.82) is 0 Å². The van der Waals surface area contributed by atoms with Gasteiger partial charge in [0.15, 0.2) is 0 Å². The van der Waals surface area contributed by atoms with Crippen LogP contribution in [0.1, 0.15) is 33.9 Å². The Morgan fingerprint density at radius 3 is 2.75 bits per heavy atom. The zero-order chi connectivity index (χ0) is 19.5. The van der Waals surface area contributed by atoms with Crippen molar-refractivity contribution in [2.75, 3.05) is 0 Å². The summed E-state index contributed by atoms with van der Waals surface area (Å²) >= 11 is 0. The first-order valence-electron chi connectivity index (χ1n) is 8.70. The van der Waals surface area contributed by atoms with Crippen LogP contribution in [0.15, 0.2) is 55.0 Å². The van der Waals surface area contributed by atoms with Crippen LogP contribution in [0.4, 0.5) is 4.39 Å². The van der Waals surface area contributed by atoms with Crippen molar-refractivity contribution in [3.05, 3.63) is 88.9 Å². The van der Waals surface area contributed by atoms with Crippen LogP contribution >= 0.6 is 0 Å². The van der Waals surface area contributed by atoms with Crippen LogP contribution in [-0.2, 0) is 12.8 Å². The maximum absolute atomic E-state index is 13.6. The lowest BCUT2D eigenvalue weighted by Crippen LogP contribution is -1.99. The number of fused-ring (bicyclic) bond motifs is 1. The molecule has 7 heteroatoms. The van der Waals surface area contributed by atoms with Gasteiger partial charge in [-0.25, -0.2) is 15.0 Å². The molecule has 4 aromatic heterocycles. The van der Waals surface area contributed by atoms with Gasteiger partial charge >= 0.3 is 0 Å². The number of aromatic nitrogens is 6. The predicted octanol–water partition coefficient (Wildman–Crippen LogP) is 3.82. The number of aromatic amines is 2. The summed E-state index contributed by atoms with van der Waals surface area (Å²) < 4.78 is 13.6. The minimum absolute atomic E-state index is 0.158. The summed E-state index contributed by atoms with van der Waals surface area (Å²) in [6, 6.07) is 3.71. The standard InChI is InChI=1S/C21H17FN6/c1-3-4-18(22)19-7-16(27-28-19)8-20-23-10-14(11-24-20)6-15-12-26-21-17(15)5-13(2)9-25-21/h5,7,9-12H,1,6,8H2,2H3,(H,25,26)(H,27,28). The van der Waals surface area contributed by atoms with Crippen molar-refractivity contribution in [2.45, 2.75) is 19.8 Å². The maximum Gasteiger partial charge on any atom is 0.200 e. The van der Waals surface area contributed by atoms with E-state index in [0.717, 1.165) is 27.7 Å². The highest BCUT2D eigenvalue weighted by Crippen LogP contribution is 2.20. The maximum atomic E-state index is 13.6. The molecule has 0 fully saturated rings. The molecule has 0 radical (unpaired) electrons. The molecule has 0 aliphatic rings. The lowest BCUT2D eigenvalue weighted by atomic mass is 10.1.